The van der Waals surface area contributed by atoms with Gasteiger partial charge >= 0.3 is 5.97 Å². The van der Waals surface area contributed by atoms with Crippen LogP contribution in [0.3, 0.4) is 0 Å². The van der Waals surface area contributed by atoms with Gasteiger partial charge in [-0.1, -0.05) is 11.6 Å². The number of sulfonamides is 1. The molecule has 1 unspecified atom stereocenters. The van der Waals surface area contributed by atoms with E-state index in [4.69, 9.17) is 16.3 Å². The number of esters is 1. The summed E-state index contributed by atoms with van der Waals surface area (Å²) in [6, 6.07) is 3.11. The summed E-state index contributed by atoms with van der Waals surface area (Å²) in [7, 11) is -1.99. The van der Waals surface area contributed by atoms with Crippen LogP contribution in [0.4, 0.5) is 5.82 Å². The first-order valence-corrected chi connectivity index (χ1v) is 11.5. The Morgan fingerprint density at radius 2 is 1.97 bits per heavy atom. The summed E-state index contributed by atoms with van der Waals surface area (Å²) < 4.78 is 33.8. The van der Waals surface area contributed by atoms with Crippen molar-refractivity contribution in [1.82, 2.24) is 18.8 Å². The molecule has 1 aliphatic rings. The van der Waals surface area contributed by atoms with Crippen LogP contribution in [0.2, 0.25) is 5.02 Å². The van der Waals surface area contributed by atoms with Crippen LogP contribution in [0, 0.1) is 12.8 Å². The summed E-state index contributed by atoms with van der Waals surface area (Å²) in [5.41, 5.74) is 0. The van der Waals surface area contributed by atoms with Crippen LogP contribution in [0.1, 0.15) is 25.6 Å². The van der Waals surface area contributed by atoms with E-state index in [0.29, 0.717) is 29.5 Å². The number of rotatable bonds is 6. The average Bonchev–Trinajstić information content (AvgIpc) is 3.09. The average molecular weight is 470 g/mol. The maximum absolute atomic E-state index is 12.8. The molecule has 0 aromatic carbocycles. The molecule has 31 heavy (non-hydrogen) atoms. The second-order valence-corrected chi connectivity index (χ2v) is 9.67. The molecule has 1 N–H and O–H groups in total. The van der Waals surface area contributed by atoms with E-state index in [1.807, 2.05) is 0 Å². The number of carbonyl (C=O) groups is 2. The topological polar surface area (TPSA) is 123 Å². The van der Waals surface area contributed by atoms with Crippen LogP contribution in [0.15, 0.2) is 29.6 Å². The Bertz CT molecular complexity index is 1040. The molecular weight excluding hydrogens is 446 g/mol. The van der Waals surface area contributed by atoms with Crippen molar-refractivity contribution in [1.29, 1.82) is 0 Å². The number of imidazole rings is 1. The number of amides is 1. The van der Waals surface area contributed by atoms with Crippen molar-refractivity contribution in [2.45, 2.75) is 37.8 Å². The molecule has 0 radical (unpaired) electrons. The number of pyridine rings is 1. The predicted molar refractivity (Wildman–Crippen MR) is 113 cm³/mol. The maximum Gasteiger partial charge on any atom is 0.309 e. The lowest BCUT2D eigenvalue weighted by Gasteiger charge is -2.30. The third kappa shape index (κ3) is 5.41. The molecule has 0 spiro atoms. The molecule has 1 amide bonds. The lowest BCUT2D eigenvalue weighted by atomic mass is 9.98. The molecule has 0 aliphatic carbocycles. The van der Waals surface area contributed by atoms with Gasteiger partial charge in [0.05, 0.1) is 10.9 Å². The van der Waals surface area contributed by atoms with Crippen molar-refractivity contribution in [3.8, 4) is 0 Å². The number of hydrogen-bond donors (Lipinski definition) is 1. The van der Waals surface area contributed by atoms with E-state index in [0.717, 1.165) is 0 Å². The van der Waals surface area contributed by atoms with Crippen LogP contribution in [-0.2, 0) is 31.4 Å². The van der Waals surface area contributed by atoms with E-state index in [-0.39, 0.29) is 18.1 Å². The third-order valence-corrected chi connectivity index (χ3v) is 7.11. The van der Waals surface area contributed by atoms with E-state index >= 15 is 0 Å². The largest absolute Gasteiger partial charge is 0.452 e. The van der Waals surface area contributed by atoms with Gasteiger partial charge in [-0.05, 0) is 38.8 Å². The minimum absolute atomic E-state index is 0.00497. The molecule has 2 aromatic rings. The molecule has 1 saturated heterocycles. The molecule has 1 atom stereocenters. The highest BCUT2D eigenvalue weighted by molar-refractivity contribution is 7.89. The Morgan fingerprint density at radius 3 is 2.52 bits per heavy atom. The number of aromatic nitrogens is 3. The Balaban J connectivity index is 1.52. The fourth-order valence-electron chi connectivity index (χ4n) is 3.12. The van der Waals surface area contributed by atoms with E-state index in [9.17, 15) is 18.0 Å². The Kier molecular flexibility index (Phi) is 6.97. The predicted octanol–water partition coefficient (Wildman–Crippen LogP) is 1.75. The lowest BCUT2D eigenvalue weighted by Crippen LogP contribution is -2.41. The van der Waals surface area contributed by atoms with Gasteiger partial charge in [0, 0.05) is 32.5 Å². The Labute approximate surface area is 185 Å². The van der Waals surface area contributed by atoms with Crippen molar-refractivity contribution in [3.63, 3.8) is 0 Å². The second-order valence-electron chi connectivity index (χ2n) is 7.35. The number of piperidine rings is 1. The standard InChI is InChI=1S/C19H24ClN5O5S/c1-12(18(26)23-16-5-4-15(20)10-21-16)30-19(27)14-6-8-25(9-7-14)31(28,29)17-11-24(3)13(2)22-17/h4-5,10-12,14H,6-9H2,1-3H3,(H,21,23,26). The molecular formula is C19H24ClN5O5S. The number of hydrogen-bond acceptors (Lipinski definition) is 7. The molecule has 1 aliphatic heterocycles. The first-order valence-electron chi connectivity index (χ1n) is 9.71. The fourth-order valence-corrected chi connectivity index (χ4v) is 4.72. The quantitative estimate of drug-likeness (QED) is 0.639. The molecule has 0 bridgehead atoms. The SMILES string of the molecule is Cc1nc(S(=O)(=O)N2CCC(C(=O)OC(C)C(=O)Nc3ccc(Cl)cn3)CC2)cn1C. The zero-order valence-corrected chi connectivity index (χ0v) is 19.0. The summed E-state index contributed by atoms with van der Waals surface area (Å²) in [4.78, 5) is 32.7. The maximum atomic E-state index is 12.8. The summed E-state index contributed by atoms with van der Waals surface area (Å²) in [5.74, 6) is -0.648. The molecule has 168 valence electrons. The minimum atomic E-state index is -3.72. The molecule has 1 fully saturated rings. The van der Waals surface area contributed by atoms with Crippen molar-refractivity contribution >= 4 is 39.3 Å². The summed E-state index contributed by atoms with van der Waals surface area (Å²) in [5, 5.41) is 2.98. The minimum Gasteiger partial charge on any atom is -0.452 e. The zero-order chi connectivity index (χ0) is 22.8. The van der Waals surface area contributed by atoms with Gasteiger partial charge in [0.25, 0.3) is 15.9 Å². The lowest BCUT2D eigenvalue weighted by molar-refractivity contribution is -0.158. The normalized spacial score (nSPS) is 16.6. The summed E-state index contributed by atoms with van der Waals surface area (Å²) >= 11 is 5.76. The number of halogens is 1. The van der Waals surface area contributed by atoms with Gasteiger partial charge in [-0.3, -0.25) is 9.59 Å². The van der Waals surface area contributed by atoms with Gasteiger partial charge < -0.3 is 14.6 Å². The van der Waals surface area contributed by atoms with Gasteiger partial charge in [-0.15, -0.1) is 0 Å². The van der Waals surface area contributed by atoms with Crippen molar-refractivity contribution < 1.29 is 22.7 Å². The highest BCUT2D eigenvalue weighted by Gasteiger charge is 2.35. The fraction of sp³-hybridized carbons (Fsp3) is 0.474. The van der Waals surface area contributed by atoms with Gasteiger partial charge in [-0.2, -0.15) is 4.31 Å². The van der Waals surface area contributed by atoms with Gasteiger partial charge in [0.1, 0.15) is 11.6 Å². The summed E-state index contributed by atoms with van der Waals surface area (Å²) in [6.45, 7) is 3.54. The van der Waals surface area contributed by atoms with Crippen LogP contribution >= 0.6 is 11.6 Å². The van der Waals surface area contributed by atoms with Crippen LogP contribution in [-0.4, -0.2) is 58.3 Å². The smallest absolute Gasteiger partial charge is 0.309 e. The number of nitrogens with zero attached hydrogens (tertiary/aromatic N) is 4. The first kappa shape index (κ1) is 23.2. The van der Waals surface area contributed by atoms with Crippen LogP contribution < -0.4 is 5.32 Å². The number of carbonyl (C=O) groups excluding carboxylic acids is 2. The van der Waals surface area contributed by atoms with Gasteiger partial charge in [0.15, 0.2) is 11.1 Å². The molecule has 2 aromatic heterocycles. The van der Waals surface area contributed by atoms with Crippen molar-refractivity contribution in [3.05, 3.63) is 35.4 Å². The van der Waals surface area contributed by atoms with E-state index in [1.165, 1.54) is 29.7 Å². The highest BCUT2D eigenvalue weighted by atomic mass is 35.5. The second kappa shape index (κ2) is 9.33. The number of ether oxygens (including phenoxy) is 1. The zero-order valence-electron chi connectivity index (χ0n) is 17.4. The Morgan fingerprint density at radius 1 is 1.29 bits per heavy atom. The van der Waals surface area contributed by atoms with E-state index < -0.39 is 33.9 Å². The monoisotopic (exact) mass is 469 g/mol. The van der Waals surface area contributed by atoms with Crippen molar-refractivity contribution in [2.24, 2.45) is 13.0 Å². The Hall–Kier alpha value is -2.50. The number of nitrogens with one attached hydrogen (secondary N) is 1. The number of anilines is 1. The van der Waals surface area contributed by atoms with Crippen molar-refractivity contribution in [2.75, 3.05) is 18.4 Å². The van der Waals surface area contributed by atoms with E-state index in [1.54, 1.807) is 24.6 Å². The molecule has 0 saturated carbocycles. The number of aryl methyl sites for hydroxylation is 2. The van der Waals surface area contributed by atoms with Crippen LogP contribution in [0.25, 0.3) is 0 Å². The molecule has 3 heterocycles. The molecule has 10 nitrogen and oxygen atoms in total. The molecule has 3 rings (SSSR count). The molecule has 12 heteroatoms. The van der Waals surface area contributed by atoms with Gasteiger partial charge in [0.2, 0.25) is 0 Å². The van der Waals surface area contributed by atoms with Gasteiger partial charge in [-0.25, -0.2) is 18.4 Å². The highest BCUT2D eigenvalue weighted by Crippen LogP contribution is 2.24. The van der Waals surface area contributed by atoms with Crippen LogP contribution in [0.5, 0.6) is 0 Å². The first-order chi connectivity index (χ1) is 14.6. The summed E-state index contributed by atoms with van der Waals surface area (Å²) in [6.07, 6.45) is 2.44. The third-order valence-electron chi connectivity index (χ3n) is 5.12. The van der Waals surface area contributed by atoms with E-state index in [2.05, 4.69) is 15.3 Å².